The van der Waals surface area contributed by atoms with E-state index in [-0.39, 0.29) is 11.9 Å². The van der Waals surface area contributed by atoms with Gasteiger partial charge in [0.1, 0.15) is 0 Å². The Labute approximate surface area is 150 Å². The number of benzene rings is 1. The van der Waals surface area contributed by atoms with Crippen LogP contribution in [0.4, 0.5) is 5.69 Å². The second-order valence-corrected chi connectivity index (χ2v) is 9.13. The van der Waals surface area contributed by atoms with E-state index in [0.717, 1.165) is 38.0 Å². The first-order valence-corrected chi connectivity index (χ1v) is 10.7. The van der Waals surface area contributed by atoms with Gasteiger partial charge in [-0.15, -0.1) is 0 Å². The molecular formula is C18H27N3O3S. The van der Waals surface area contributed by atoms with E-state index in [1.54, 1.807) is 12.1 Å². The van der Waals surface area contributed by atoms with Gasteiger partial charge in [0.2, 0.25) is 10.0 Å². The van der Waals surface area contributed by atoms with E-state index in [2.05, 4.69) is 5.32 Å². The molecule has 2 atom stereocenters. The maximum absolute atomic E-state index is 12.9. The van der Waals surface area contributed by atoms with Crippen LogP contribution >= 0.6 is 0 Å². The molecule has 0 radical (unpaired) electrons. The van der Waals surface area contributed by atoms with Crippen LogP contribution in [0, 0.1) is 5.92 Å². The molecule has 7 heteroatoms. The van der Waals surface area contributed by atoms with Crippen LogP contribution in [-0.2, 0) is 16.4 Å². The van der Waals surface area contributed by atoms with Crippen molar-refractivity contribution < 1.29 is 13.2 Å². The third-order valence-corrected chi connectivity index (χ3v) is 6.41. The first kappa shape index (κ1) is 18.2. The summed E-state index contributed by atoms with van der Waals surface area (Å²) < 4.78 is 25.5. The van der Waals surface area contributed by atoms with Gasteiger partial charge in [-0.05, 0) is 69.5 Å². The smallest absolute Gasteiger partial charge is 0.253 e. The Hall–Kier alpha value is -1.60. The van der Waals surface area contributed by atoms with Gasteiger partial charge in [0.05, 0.1) is 11.9 Å². The second kappa shape index (κ2) is 6.96. The first-order valence-electron chi connectivity index (χ1n) is 8.87. The second-order valence-electron chi connectivity index (χ2n) is 7.27. The number of carbonyl (C=O) groups excluding carboxylic acids is 1. The summed E-state index contributed by atoms with van der Waals surface area (Å²) in [6, 6.07) is 5.31. The lowest BCUT2D eigenvalue weighted by Crippen LogP contribution is -2.42. The van der Waals surface area contributed by atoms with Crippen molar-refractivity contribution in [3.8, 4) is 0 Å². The minimum atomic E-state index is -3.30. The van der Waals surface area contributed by atoms with E-state index in [9.17, 15) is 13.2 Å². The molecule has 2 aliphatic heterocycles. The molecule has 1 saturated heterocycles. The Bertz CT molecular complexity index is 761. The normalized spacial score (nSPS) is 23.6. The van der Waals surface area contributed by atoms with Crippen molar-refractivity contribution in [2.24, 2.45) is 5.92 Å². The number of likely N-dealkylation sites (tertiary alicyclic amines) is 1. The molecule has 1 fully saturated rings. The molecule has 3 rings (SSSR count). The number of hydrogen-bond acceptors (Lipinski definition) is 4. The average molecular weight is 365 g/mol. The monoisotopic (exact) mass is 365 g/mol. The summed E-state index contributed by atoms with van der Waals surface area (Å²) in [4.78, 5) is 14.8. The molecule has 0 unspecified atom stereocenters. The molecule has 1 amide bonds. The lowest BCUT2D eigenvalue weighted by Gasteiger charge is -2.33. The average Bonchev–Trinajstić information content (AvgIpc) is 2.89. The number of anilines is 1. The number of rotatable bonds is 4. The Balaban J connectivity index is 1.81. The summed E-state index contributed by atoms with van der Waals surface area (Å²) >= 11 is 0. The minimum absolute atomic E-state index is 0.0501. The molecule has 6 nitrogen and oxygen atoms in total. The Morgan fingerprint density at radius 2 is 2.12 bits per heavy atom. The fourth-order valence-electron chi connectivity index (χ4n) is 4.13. The van der Waals surface area contributed by atoms with Crippen LogP contribution in [0.2, 0.25) is 0 Å². The van der Waals surface area contributed by atoms with Crippen LogP contribution in [0.3, 0.4) is 0 Å². The number of amides is 1. The Kier molecular flexibility index (Phi) is 5.06. The number of nitrogens with one attached hydrogen (secondary N) is 1. The van der Waals surface area contributed by atoms with Gasteiger partial charge in [-0.1, -0.05) is 0 Å². The van der Waals surface area contributed by atoms with Gasteiger partial charge in [0.15, 0.2) is 0 Å². The highest BCUT2D eigenvalue weighted by Gasteiger charge is 2.33. The van der Waals surface area contributed by atoms with E-state index in [4.69, 9.17) is 0 Å². The molecular weight excluding hydrogens is 338 g/mol. The molecule has 1 aromatic rings. The molecule has 25 heavy (non-hydrogen) atoms. The van der Waals surface area contributed by atoms with E-state index in [1.807, 2.05) is 24.9 Å². The molecule has 138 valence electrons. The van der Waals surface area contributed by atoms with Crippen molar-refractivity contribution in [2.45, 2.75) is 32.2 Å². The lowest BCUT2D eigenvalue weighted by molar-refractivity contribution is 0.0674. The Morgan fingerprint density at radius 3 is 2.80 bits per heavy atom. The van der Waals surface area contributed by atoms with Crippen molar-refractivity contribution in [3.05, 3.63) is 29.3 Å². The quantitative estimate of drug-likeness (QED) is 0.877. The lowest BCUT2D eigenvalue weighted by atomic mass is 9.97. The van der Waals surface area contributed by atoms with Crippen molar-refractivity contribution in [1.82, 2.24) is 10.2 Å². The molecule has 2 aliphatic rings. The van der Waals surface area contributed by atoms with Crippen molar-refractivity contribution >= 4 is 21.6 Å². The zero-order valence-corrected chi connectivity index (χ0v) is 16.0. The van der Waals surface area contributed by atoms with E-state index < -0.39 is 10.0 Å². The van der Waals surface area contributed by atoms with Crippen LogP contribution in [-0.4, -0.2) is 58.2 Å². The van der Waals surface area contributed by atoms with E-state index >= 15 is 0 Å². The summed E-state index contributed by atoms with van der Waals surface area (Å²) in [6.07, 6.45) is 4.05. The fourth-order valence-corrected chi connectivity index (χ4v) is 5.39. The summed E-state index contributed by atoms with van der Waals surface area (Å²) in [5, 5.41) is 3.19. The molecule has 1 N–H and O–H groups in total. The zero-order chi connectivity index (χ0) is 18.2. The molecule has 1 aromatic carbocycles. The topological polar surface area (TPSA) is 69.7 Å². The molecule has 0 aromatic heterocycles. The predicted octanol–water partition coefficient (Wildman–Crippen LogP) is 1.47. The SMILES string of the molecule is CNC[C@@H]1CCCN(C(=O)c2ccc3c(c2)C[C@@H](C)N3S(C)(=O)=O)C1. The highest BCUT2D eigenvalue weighted by atomic mass is 32.2. The van der Waals surface area contributed by atoms with E-state index in [1.165, 1.54) is 10.6 Å². The van der Waals surface area contributed by atoms with Crippen LogP contribution in [0.5, 0.6) is 0 Å². The summed E-state index contributed by atoms with van der Waals surface area (Å²) in [5.41, 5.74) is 2.30. The van der Waals surface area contributed by atoms with E-state index in [0.29, 0.717) is 23.6 Å². The standard InChI is InChI=1S/C18H27N3O3S/c1-13-9-16-10-15(6-7-17(16)21(13)25(3,23)24)18(22)20-8-4-5-14(12-20)11-19-2/h6-7,10,13-14,19H,4-5,8-9,11-12H2,1-3H3/t13-,14+/m1/s1. The van der Waals surface area contributed by atoms with Gasteiger partial charge >= 0.3 is 0 Å². The molecule has 0 spiro atoms. The van der Waals surface area contributed by atoms with Gasteiger partial charge < -0.3 is 10.2 Å². The molecule has 0 aliphatic carbocycles. The highest BCUT2D eigenvalue weighted by Crippen LogP contribution is 2.35. The number of carbonyl (C=O) groups is 1. The van der Waals surface area contributed by atoms with Crippen molar-refractivity contribution in [1.29, 1.82) is 0 Å². The van der Waals surface area contributed by atoms with Gasteiger partial charge in [-0.25, -0.2) is 8.42 Å². The summed E-state index contributed by atoms with van der Waals surface area (Å²) in [5.74, 6) is 0.548. The number of fused-ring (bicyclic) bond motifs is 1. The number of hydrogen-bond donors (Lipinski definition) is 1. The van der Waals surface area contributed by atoms with Crippen LogP contribution in [0.15, 0.2) is 18.2 Å². The maximum Gasteiger partial charge on any atom is 0.253 e. The molecule has 0 saturated carbocycles. The summed E-state index contributed by atoms with van der Waals surface area (Å²) in [6.45, 7) is 4.40. The maximum atomic E-state index is 12.9. The van der Waals surface area contributed by atoms with Crippen molar-refractivity contribution in [3.63, 3.8) is 0 Å². The molecule has 0 bridgehead atoms. The van der Waals surface area contributed by atoms with Crippen LogP contribution in [0.25, 0.3) is 0 Å². The van der Waals surface area contributed by atoms with Gasteiger partial charge in [0.25, 0.3) is 5.91 Å². The highest BCUT2D eigenvalue weighted by molar-refractivity contribution is 7.92. The van der Waals surface area contributed by atoms with Crippen LogP contribution in [0.1, 0.15) is 35.7 Å². The van der Waals surface area contributed by atoms with Gasteiger partial charge in [0, 0.05) is 24.7 Å². The Morgan fingerprint density at radius 1 is 1.36 bits per heavy atom. The summed E-state index contributed by atoms with van der Waals surface area (Å²) in [7, 11) is -1.36. The van der Waals surface area contributed by atoms with Gasteiger partial charge in [-0.2, -0.15) is 0 Å². The number of sulfonamides is 1. The third-order valence-electron chi connectivity index (χ3n) is 5.14. The van der Waals surface area contributed by atoms with Crippen molar-refractivity contribution in [2.75, 3.05) is 37.2 Å². The van der Waals surface area contributed by atoms with Crippen LogP contribution < -0.4 is 9.62 Å². The fraction of sp³-hybridized carbons (Fsp3) is 0.611. The first-order chi connectivity index (χ1) is 11.8. The minimum Gasteiger partial charge on any atom is -0.338 e. The number of nitrogens with zero attached hydrogens (tertiary/aromatic N) is 2. The number of piperidine rings is 1. The largest absolute Gasteiger partial charge is 0.338 e. The molecule has 2 heterocycles. The third kappa shape index (κ3) is 3.67. The van der Waals surface area contributed by atoms with Gasteiger partial charge in [-0.3, -0.25) is 9.10 Å². The zero-order valence-electron chi connectivity index (χ0n) is 15.2. The predicted molar refractivity (Wildman–Crippen MR) is 99.5 cm³/mol.